The second kappa shape index (κ2) is 6.05. The lowest BCUT2D eigenvalue weighted by atomic mass is 10.00. The van der Waals surface area contributed by atoms with Crippen molar-refractivity contribution in [2.45, 2.75) is 12.8 Å². The van der Waals surface area contributed by atoms with Crippen LogP contribution in [-0.4, -0.2) is 25.5 Å². The van der Waals surface area contributed by atoms with Gasteiger partial charge in [0, 0.05) is 6.54 Å². The zero-order valence-corrected chi connectivity index (χ0v) is 11.6. The first kappa shape index (κ1) is 13.1. The summed E-state index contributed by atoms with van der Waals surface area (Å²) in [7, 11) is 0. The van der Waals surface area contributed by atoms with Crippen molar-refractivity contribution in [3.63, 3.8) is 0 Å². The first-order chi connectivity index (χ1) is 8.16. The predicted octanol–water partition coefficient (Wildman–Crippen LogP) is 2.78. The molecule has 17 heavy (non-hydrogen) atoms. The van der Waals surface area contributed by atoms with Gasteiger partial charge in [0.1, 0.15) is 4.34 Å². The molecular weight excluding hydrogens is 279 g/mol. The topological polar surface area (TPSA) is 41.1 Å². The molecule has 0 spiro atoms. The number of hydrogen-bond acceptors (Lipinski definition) is 3. The number of thiophene rings is 1. The number of halogens is 2. The quantitative estimate of drug-likeness (QED) is 0.899. The average Bonchev–Trinajstić information content (AvgIpc) is 2.67. The third-order valence-electron chi connectivity index (χ3n) is 2.85. The Balaban J connectivity index is 1.86. The molecule has 3 nitrogen and oxygen atoms in total. The summed E-state index contributed by atoms with van der Waals surface area (Å²) >= 11 is 12.9. The van der Waals surface area contributed by atoms with Crippen LogP contribution in [0.4, 0.5) is 0 Å². The third-order valence-corrected chi connectivity index (χ3v) is 4.34. The number of piperidine rings is 1. The number of rotatable bonds is 3. The van der Waals surface area contributed by atoms with Crippen LogP contribution in [0.25, 0.3) is 0 Å². The lowest BCUT2D eigenvalue weighted by molar-refractivity contribution is 0.0945. The van der Waals surface area contributed by atoms with E-state index in [-0.39, 0.29) is 5.91 Å². The Kier molecular flexibility index (Phi) is 4.68. The highest BCUT2D eigenvalue weighted by molar-refractivity contribution is 7.20. The van der Waals surface area contributed by atoms with E-state index in [2.05, 4.69) is 10.6 Å². The Bertz CT molecular complexity index is 402. The Morgan fingerprint density at radius 3 is 3.00 bits per heavy atom. The molecule has 1 aromatic heterocycles. The van der Waals surface area contributed by atoms with Crippen molar-refractivity contribution >= 4 is 40.4 Å². The van der Waals surface area contributed by atoms with Gasteiger partial charge in [-0.2, -0.15) is 0 Å². The first-order valence-electron chi connectivity index (χ1n) is 5.60. The molecule has 0 radical (unpaired) electrons. The Morgan fingerprint density at radius 1 is 1.59 bits per heavy atom. The molecule has 94 valence electrons. The number of hydrogen-bond donors (Lipinski definition) is 2. The number of carbonyl (C=O) groups excluding carboxylic acids is 1. The van der Waals surface area contributed by atoms with Gasteiger partial charge in [-0.3, -0.25) is 4.79 Å². The van der Waals surface area contributed by atoms with Gasteiger partial charge < -0.3 is 10.6 Å². The summed E-state index contributed by atoms with van der Waals surface area (Å²) in [6, 6.07) is 1.61. The van der Waals surface area contributed by atoms with Gasteiger partial charge in [-0.25, -0.2) is 0 Å². The summed E-state index contributed by atoms with van der Waals surface area (Å²) in [5.74, 6) is 0.379. The lowest BCUT2D eigenvalue weighted by Crippen LogP contribution is -2.38. The zero-order valence-electron chi connectivity index (χ0n) is 9.26. The molecule has 1 aliphatic heterocycles. The molecule has 2 N–H and O–H groups in total. The van der Waals surface area contributed by atoms with E-state index in [1.54, 1.807) is 6.07 Å². The summed E-state index contributed by atoms with van der Waals surface area (Å²) in [5, 5.41) is 6.22. The molecule has 2 rings (SSSR count). The molecule has 1 aromatic rings. The van der Waals surface area contributed by atoms with E-state index in [4.69, 9.17) is 23.2 Å². The summed E-state index contributed by atoms with van der Waals surface area (Å²) in [6.45, 7) is 2.74. The average molecular weight is 293 g/mol. The summed E-state index contributed by atoms with van der Waals surface area (Å²) in [6.07, 6.45) is 2.33. The van der Waals surface area contributed by atoms with E-state index in [1.165, 1.54) is 17.8 Å². The minimum absolute atomic E-state index is 0.135. The van der Waals surface area contributed by atoms with E-state index >= 15 is 0 Å². The minimum atomic E-state index is -0.135. The van der Waals surface area contributed by atoms with Gasteiger partial charge in [-0.1, -0.05) is 23.2 Å². The van der Waals surface area contributed by atoms with E-state index < -0.39 is 0 Å². The molecule has 6 heteroatoms. The Hall–Kier alpha value is -0.290. The van der Waals surface area contributed by atoms with Crippen LogP contribution in [0, 0.1) is 5.92 Å². The van der Waals surface area contributed by atoms with Crippen molar-refractivity contribution in [3.05, 3.63) is 20.3 Å². The maximum Gasteiger partial charge on any atom is 0.253 e. The Labute approximate surface area is 114 Å². The van der Waals surface area contributed by atoms with Crippen LogP contribution in [0.15, 0.2) is 6.07 Å². The molecule has 0 aromatic carbocycles. The number of amides is 1. The standard InChI is InChI=1S/C11H14Cl2N2OS/c12-9-4-8(10(13)17-9)11(16)15-6-7-2-1-3-14-5-7/h4,7,14H,1-3,5-6H2,(H,15,16). The number of nitrogens with one attached hydrogen (secondary N) is 2. The molecule has 1 saturated heterocycles. The molecule has 1 atom stereocenters. The van der Waals surface area contributed by atoms with E-state index in [1.807, 2.05) is 0 Å². The van der Waals surface area contributed by atoms with E-state index in [9.17, 15) is 4.79 Å². The second-order valence-corrected chi connectivity index (χ2v) is 6.45. The first-order valence-corrected chi connectivity index (χ1v) is 7.18. The summed E-state index contributed by atoms with van der Waals surface area (Å²) in [4.78, 5) is 11.9. The van der Waals surface area contributed by atoms with Gasteiger partial charge in [0.05, 0.1) is 9.90 Å². The monoisotopic (exact) mass is 292 g/mol. The van der Waals surface area contributed by atoms with Gasteiger partial charge in [0.2, 0.25) is 0 Å². The van der Waals surface area contributed by atoms with Crippen molar-refractivity contribution in [3.8, 4) is 0 Å². The fourth-order valence-electron chi connectivity index (χ4n) is 1.93. The normalized spacial score (nSPS) is 20.2. The van der Waals surface area contributed by atoms with E-state index in [0.29, 0.717) is 26.7 Å². The molecule has 1 amide bonds. The second-order valence-electron chi connectivity index (χ2n) is 4.16. The molecule has 0 aliphatic carbocycles. The van der Waals surface area contributed by atoms with Crippen LogP contribution in [0.3, 0.4) is 0 Å². The fraction of sp³-hybridized carbons (Fsp3) is 0.545. The molecule has 0 saturated carbocycles. The summed E-state index contributed by atoms with van der Waals surface area (Å²) in [5.41, 5.74) is 0.477. The zero-order chi connectivity index (χ0) is 12.3. The highest BCUT2D eigenvalue weighted by atomic mass is 35.5. The lowest BCUT2D eigenvalue weighted by Gasteiger charge is -2.22. The Morgan fingerprint density at radius 2 is 2.41 bits per heavy atom. The predicted molar refractivity (Wildman–Crippen MR) is 72.3 cm³/mol. The van der Waals surface area contributed by atoms with Gasteiger partial charge in [-0.05, 0) is 37.9 Å². The molecule has 1 fully saturated rings. The van der Waals surface area contributed by atoms with Gasteiger partial charge >= 0.3 is 0 Å². The molecular formula is C11H14Cl2N2OS. The smallest absolute Gasteiger partial charge is 0.253 e. The number of carbonyl (C=O) groups is 1. The van der Waals surface area contributed by atoms with Crippen molar-refractivity contribution in [2.24, 2.45) is 5.92 Å². The van der Waals surface area contributed by atoms with Gasteiger partial charge in [-0.15, -0.1) is 11.3 Å². The van der Waals surface area contributed by atoms with Crippen molar-refractivity contribution < 1.29 is 4.79 Å². The molecule has 0 bridgehead atoms. The maximum atomic E-state index is 11.9. The van der Waals surface area contributed by atoms with Crippen LogP contribution < -0.4 is 10.6 Å². The molecule has 1 unspecified atom stereocenters. The highest BCUT2D eigenvalue weighted by Gasteiger charge is 2.17. The highest BCUT2D eigenvalue weighted by Crippen LogP contribution is 2.30. The van der Waals surface area contributed by atoms with Crippen LogP contribution in [-0.2, 0) is 0 Å². The van der Waals surface area contributed by atoms with Crippen molar-refractivity contribution in [1.82, 2.24) is 10.6 Å². The fourth-order valence-corrected chi connectivity index (χ4v) is 3.38. The van der Waals surface area contributed by atoms with Crippen LogP contribution >= 0.6 is 34.5 Å². The van der Waals surface area contributed by atoms with Gasteiger partial charge in [0.25, 0.3) is 5.91 Å². The maximum absolute atomic E-state index is 11.9. The molecule has 1 aliphatic rings. The third kappa shape index (κ3) is 3.58. The van der Waals surface area contributed by atoms with Crippen LogP contribution in [0.5, 0.6) is 0 Å². The van der Waals surface area contributed by atoms with Crippen molar-refractivity contribution in [1.29, 1.82) is 0 Å². The largest absolute Gasteiger partial charge is 0.352 e. The summed E-state index contributed by atoms with van der Waals surface area (Å²) < 4.78 is 0.994. The molecule has 2 heterocycles. The minimum Gasteiger partial charge on any atom is -0.352 e. The van der Waals surface area contributed by atoms with E-state index in [0.717, 1.165) is 19.5 Å². The van der Waals surface area contributed by atoms with Crippen LogP contribution in [0.1, 0.15) is 23.2 Å². The van der Waals surface area contributed by atoms with Crippen LogP contribution in [0.2, 0.25) is 8.67 Å². The SMILES string of the molecule is O=C(NCC1CCCNC1)c1cc(Cl)sc1Cl. The van der Waals surface area contributed by atoms with Gasteiger partial charge in [0.15, 0.2) is 0 Å². The van der Waals surface area contributed by atoms with Crippen molar-refractivity contribution in [2.75, 3.05) is 19.6 Å².